The minimum Gasteiger partial charge on any atom is -0.308 e. The van der Waals surface area contributed by atoms with Gasteiger partial charge in [0, 0.05) is 11.7 Å². The summed E-state index contributed by atoms with van der Waals surface area (Å²) in [5.41, 5.74) is 2.03. The summed E-state index contributed by atoms with van der Waals surface area (Å²) in [6.07, 6.45) is 1.37. The number of nitrogens with zero attached hydrogens (tertiary/aromatic N) is 2. The predicted octanol–water partition coefficient (Wildman–Crippen LogP) is 3.18. The lowest BCUT2D eigenvalue weighted by Crippen LogP contribution is -2.53. The van der Waals surface area contributed by atoms with Crippen LogP contribution in [0.1, 0.15) is 46.5 Å². The summed E-state index contributed by atoms with van der Waals surface area (Å²) in [5, 5.41) is 0. The highest BCUT2D eigenvalue weighted by Crippen LogP contribution is 2.33. The van der Waals surface area contributed by atoms with Crippen LogP contribution >= 0.6 is 0 Å². The molecular weight excluding hydrogens is 347 g/mol. The zero-order valence-corrected chi connectivity index (χ0v) is 15.1. The van der Waals surface area contributed by atoms with Gasteiger partial charge in [0.25, 0.3) is 11.8 Å². The normalized spacial score (nSPS) is 19.7. The van der Waals surface area contributed by atoms with Crippen LogP contribution in [0.15, 0.2) is 42.5 Å². The topological polar surface area (TPSA) is 57.7 Å². The van der Waals surface area contributed by atoms with Crippen molar-refractivity contribution in [2.45, 2.75) is 38.8 Å². The minimum atomic E-state index is -0.948. The first-order valence-electron chi connectivity index (χ1n) is 8.98. The van der Waals surface area contributed by atoms with Gasteiger partial charge >= 0.3 is 0 Å². The van der Waals surface area contributed by atoms with Crippen LogP contribution in [-0.4, -0.2) is 34.7 Å². The summed E-state index contributed by atoms with van der Waals surface area (Å²) in [4.78, 5) is 41.3. The van der Waals surface area contributed by atoms with Gasteiger partial charge in [0.05, 0.1) is 11.1 Å². The smallest absolute Gasteiger partial charge is 0.262 e. The molecule has 3 amide bonds. The molecule has 4 rings (SSSR count). The molecule has 6 heteroatoms. The monoisotopic (exact) mass is 366 g/mol. The summed E-state index contributed by atoms with van der Waals surface area (Å²) >= 11 is 0. The van der Waals surface area contributed by atoms with E-state index in [9.17, 15) is 18.8 Å². The van der Waals surface area contributed by atoms with Gasteiger partial charge in [-0.3, -0.25) is 19.3 Å². The Morgan fingerprint density at radius 1 is 1.11 bits per heavy atom. The largest absolute Gasteiger partial charge is 0.308 e. The lowest BCUT2D eigenvalue weighted by Gasteiger charge is -2.38. The number of imide groups is 1. The standard InChI is InChI=1S/C21H19FN2O3/c1-12-7-8-14-11-15(22)9-10-18(14)23(12)19(25)13(2)24-20(26)16-5-3-4-6-17(16)21(24)27/h3-6,9-13H,7-8H2,1-2H3/t12-,13+/m0/s1. The zero-order valence-electron chi connectivity index (χ0n) is 15.1. The van der Waals surface area contributed by atoms with Crippen molar-refractivity contribution in [1.82, 2.24) is 4.90 Å². The second kappa shape index (κ2) is 6.30. The molecule has 0 spiro atoms. The molecule has 0 saturated carbocycles. The molecule has 0 saturated heterocycles. The Balaban J connectivity index is 1.68. The number of hydrogen-bond donors (Lipinski definition) is 0. The van der Waals surface area contributed by atoms with Gasteiger partial charge in [0.1, 0.15) is 11.9 Å². The molecular formula is C21H19FN2O3. The summed E-state index contributed by atoms with van der Waals surface area (Å²) in [6.45, 7) is 3.48. The molecule has 0 unspecified atom stereocenters. The first kappa shape index (κ1) is 17.4. The van der Waals surface area contributed by atoms with Crippen LogP contribution in [0.5, 0.6) is 0 Å². The number of amides is 3. The molecule has 0 N–H and O–H groups in total. The second-order valence-electron chi connectivity index (χ2n) is 7.07. The molecule has 2 heterocycles. The molecule has 2 atom stereocenters. The average Bonchev–Trinajstić information content (AvgIpc) is 2.92. The molecule has 0 aliphatic carbocycles. The van der Waals surface area contributed by atoms with Gasteiger partial charge in [0.15, 0.2) is 0 Å². The number of benzene rings is 2. The fourth-order valence-corrected chi connectivity index (χ4v) is 3.93. The van der Waals surface area contributed by atoms with Crippen LogP contribution < -0.4 is 4.90 Å². The van der Waals surface area contributed by atoms with Gasteiger partial charge in [-0.25, -0.2) is 4.39 Å². The first-order chi connectivity index (χ1) is 12.9. The number of fused-ring (bicyclic) bond motifs is 2. The molecule has 0 radical (unpaired) electrons. The number of carbonyl (C=O) groups is 3. The summed E-state index contributed by atoms with van der Waals surface area (Å²) in [5.74, 6) is -1.60. The maximum Gasteiger partial charge on any atom is 0.262 e. The van der Waals surface area contributed by atoms with E-state index in [-0.39, 0.29) is 17.8 Å². The number of anilines is 1. The van der Waals surface area contributed by atoms with Crippen LogP contribution in [0.2, 0.25) is 0 Å². The molecule has 2 aliphatic rings. The Kier molecular flexibility index (Phi) is 4.06. The Bertz CT molecular complexity index is 937. The van der Waals surface area contributed by atoms with Gasteiger partial charge in [-0.15, -0.1) is 0 Å². The van der Waals surface area contributed by atoms with Crippen molar-refractivity contribution in [1.29, 1.82) is 0 Å². The molecule has 0 bridgehead atoms. The maximum absolute atomic E-state index is 13.6. The van der Waals surface area contributed by atoms with E-state index in [4.69, 9.17) is 0 Å². The zero-order chi connectivity index (χ0) is 19.3. The summed E-state index contributed by atoms with van der Waals surface area (Å²) in [6, 6.07) is 9.87. The van der Waals surface area contributed by atoms with Crippen molar-refractivity contribution < 1.29 is 18.8 Å². The Morgan fingerprint density at radius 3 is 2.37 bits per heavy atom. The highest BCUT2D eigenvalue weighted by Gasteiger charge is 2.43. The van der Waals surface area contributed by atoms with Crippen LogP contribution in [0, 0.1) is 5.82 Å². The van der Waals surface area contributed by atoms with Crippen molar-refractivity contribution in [2.75, 3.05) is 4.90 Å². The fraction of sp³-hybridized carbons (Fsp3) is 0.286. The lowest BCUT2D eigenvalue weighted by molar-refractivity contribution is -0.122. The SMILES string of the molecule is C[C@H](C(=O)N1c2ccc(F)cc2CC[C@@H]1C)N1C(=O)c2ccccc2C1=O. The van der Waals surface area contributed by atoms with Crippen LogP contribution in [0.3, 0.4) is 0 Å². The van der Waals surface area contributed by atoms with Gasteiger partial charge in [0.2, 0.25) is 5.91 Å². The third-order valence-corrected chi connectivity index (χ3v) is 5.38. The van der Waals surface area contributed by atoms with Gasteiger partial charge in [-0.2, -0.15) is 0 Å². The van der Waals surface area contributed by atoms with E-state index >= 15 is 0 Å². The van der Waals surface area contributed by atoms with E-state index in [0.717, 1.165) is 10.5 Å². The minimum absolute atomic E-state index is 0.104. The van der Waals surface area contributed by atoms with E-state index < -0.39 is 17.9 Å². The van der Waals surface area contributed by atoms with Crippen LogP contribution in [0.25, 0.3) is 0 Å². The van der Waals surface area contributed by atoms with E-state index in [1.165, 1.54) is 12.1 Å². The molecule has 0 aromatic heterocycles. The average molecular weight is 366 g/mol. The highest BCUT2D eigenvalue weighted by atomic mass is 19.1. The Hall–Kier alpha value is -3.02. The van der Waals surface area contributed by atoms with E-state index in [1.54, 1.807) is 42.2 Å². The van der Waals surface area contributed by atoms with E-state index in [2.05, 4.69) is 0 Å². The first-order valence-corrected chi connectivity index (χ1v) is 8.98. The quantitative estimate of drug-likeness (QED) is 0.767. The third kappa shape index (κ3) is 2.63. The van der Waals surface area contributed by atoms with Crippen molar-refractivity contribution in [3.8, 4) is 0 Å². The van der Waals surface area contributed by atoms with Crippen LogP contribution in [0.4, 0.5) is 10.1 Å². The van der Waals surface area contributed by atoms with Crippen LogP contribution in [-0.2, 0) is 11.2 Å². The highest BCUT2D eigenvalue weighted by molar-refractivity contribution is 6.23. The third-order valence-electron chi connectivity index (χ3n) is 5.38. The van der Waals surface area contributed by atoms with Gasteiger partial charge in [-0.1, -0.05) is 12.1 Å². The predicted molar refractivity (Wildman–Crippen MR) is 98.1 cm³/mol. The number of rotatable bonds is 2. The van der Waals surface area contributed by atoms with Crippen molar-refractivity contribution in [2.24, 2.45) is 0 Å². The van der Waals surface area contributed by atoms with Gasteiger partial charge < -0.3 is 4.90 Å². The van der Waals surface area contributed by atoms with Crippen molar-refractivity contribution >= 4 is 23.4 Å². The Labute approximate surface area is 156 Å². The maximum atomic E-state index is 13.6. The van der Waals surface area contributed by atoms with E-state index in [1.807, 2.05) is 6.92 Å². The number of halogens is 1. The number of aryl methyl sites for hydroxylation is 1. The number of carbonyl (C=O) groups excluding carboxylic acids is 3. The molecule has 27 heavy (non-hydrogen) atoms. The summed E-state index contributed by atoms with van der Waals surface area (Å²) < 4.78 is 13.6. The number of hydrogen-bond acceptors (Lipinski definition) is 3. The summed E-state index contributed by atoms with van der Waals surface area (Å²) in [7, 11) is 0. The van der Waals surface area contributed by atoms with Crippen molar-refractivity contribution in [3.05, 3.63) is 65.0 Å². The second-order valence-corrected chi connectivity index (χ2v) is 7.07. The molecule has 5 nitrogen and oxygen atoms in total. The molecule has 138 valence electrons. The molecule has 2 aliphatic heterocycles. The Morgan fingerprint density at radius 2 is 1.74 bits per heavy atom. The molecule has 0 fully saturated rings. The molecule has 2 aromatic rings. The van der Waals surface area contributed by atoms with Crippen molar-refractivity contribution in [3.63, 3.8) is 0 Å². The van der Waals surface area contributed by atoms with E-state index in [0.29, 0.717) is 29.7 Å². The lowest BCUT2D eigenvalue weighted by atomic mass is 9.95. The fourth-order valence-electron chi connectivity index (χ4n) is 3.93. The molecule has 2 aromatic carbocycles. The van der Waals surface area contributed by atoms with Gasteiger partial charge in [-0.05, 0) is 62.6 Å².